The van der Waals surface area contributed by atoms with E-state index >= 15 is 0 Å². The summed E-state index contributed by atoms with van der Waals surface area (Å²) in [6.07, 6.45) is 7.88. The summed E-state index contributed by atoms with van der Waals surface area (Å²) in [4.78, 5) is 4.79. The standard InChI is InChI=1S/C17H18BrN7O/c1-24-10-11(7-21-24)13-9-22-25-16(19)15(18)14(23-17(13)25)4-5-20-8-12-3-2-6-26-12/h2-3,6-7,9-10,20H,4-5,8,19H2,1H3. The minimum absolute atomic E-state index is 0.533. The molecule has 4 aromatic rings. The van der Waals surface area contributed by atoms with Gasteiger partial charge in [-0.2, -0.15) is 14.7 Å². The number of halogens is 1. The summed E-state index contributed by atoms with van der Waals surface area (Å²) in [5, 5.41) is 11.9. The number of nitrogens with zero attached hydrogens (tertiary/aromatic N) is 5. The number of nitrogen functional groups attached to an aromatic ring is 1. The van der Waals surface area contributed by atoms with Crippen molar-refractivity contribution in [1.82, 2.24) is 29.7 Å². The first kappa shape index (κ1) is 16.8. The zero-order valence-electron chi connectivity index (χ0n) is 14.2. The van der Waals surface area contributed by atoms with Crippen LogP contribution in [0.15, 0.2) is 45.9 Å². The van der Waals surface area contributed by atoms with Crippen LogP contribution in [0.1, 0.15) is 11.5 Å². The highest BCUT2D eigenvalue weighted by molar-refractivity contribution is 9.10. The molecule has 0 fully saturated rings. The van der Waals surface area contributed by atoms with Crippen LogP contribution < -0.4 is 11.1 Å². The van der Waals surface area contributed by atoms with Crippen LogP contribution in [-0.4, -0.2) is 30.9 Å². The quantitative estimate of drug-likeness (QED) is 0.469. The first-order valence-electron chi connectivity index (χ1n) is 8.17. The molecule has 3 N–H and O–H groups in total. The predicted octanol–water partition coefficient (Wildman–Crippen LogP) is 2.40. The van der Waals surface area contributed by atoms with E-state index in [-0.39, 0.29) is 0 Å². The Bertz CT molecular complexity index is 1040. The zero-order chi connectivity index (χ0) is 18.1. The lowest BCUT2D eigenvalue weighted by molar-refractivity contribution is 0.484. The Morgan fingerprint density at radius 1 is 1.31 bits per heavy atom. The molecule has 0 saturated carbocycles. The summed E-state index contributed by atoms with van der Waals surface area (Å²) in [6, 6.07) is 3.82. The van der Waals surface area contributed by atoms with Gasteiger partial charge in [-0.25, -0.2) is 4.98 Å². The average molecular weight is 416 g/mol. The van der Waals surface area contributed by atoms with Gasteiger partial charge in [0.2, 0.25) is 0 Å². The molecule has 0 spiro atoms. The van der Waals surface area contributed by atoms with Crippen molar-refractivity contribution in [2.45, 2.75) is 13.0 Å². The fourth-order valence-electron chi connectivity index (χ4n) is 2.80. The van der Waals surface area contributed by atoms with Gasteiger partial charge in [0.05, 0.1) is 35.4 Å². The van der Waals surface area contributed by atoms with Crippen molar-refractivity contribution in [2.75, 3.05) is 12.3 Å². The van der Waals surface area contributed by atoms with E-state index in [1.54, 1.807) is 27.9 Å². The second-order valence-electron chi connectivity index (χ2n) is 5.96. The van der Waals surface area contributed by atoms with Crippen molar-refractivity contribution >= 4 is 27.4 Å². The van der Waals surface area contributed by atoms with Crippen LogP contribution in [0, 0.1) is 0 Å². The van der Waals surface area contributed by atoms with Crippen molar-refractivity contribution < 1.29 is 4.42 Å². The first-order chi connectivity index (χ1) is 12.6. The third-order valence-corrected chi connectivity index (χ3v) is 4.99. The van der Waals surface area contributed by atoms with Crippen molar-refractivity contribution in [3.8, 4) is 11.1 Å². The van der Waals surface area contributed by atoms with Gasteiger partial charge in [-0.15, -0.1) is 0 Å². The molecule has 4 rings (SSSR count). The maximum Gasteiger partial charge on any atom is 0.165 e. The van der Waals surface area contributed by atoms with Crippen molar-refractivity contribution in [2.24, 2.45) is 7.05 Å². The number of hydrogen-bond acceptors (Lipinski definition) is 6. The van der Waals surface area contributed by atoms with Crippen LogP contribution in [0.5, 0.6) is 0 Å². The molecule has 0 atom stereocenters. The topological polar surface area (TPSA) is 99.2 Å². The number of furan rings is 1. The Balaban J connectivity index is 1.59. The molecule has 4 heterocycles. The lowest BCUT2D eigenvalue weighted by Crippen LogP contribution is -2.17. The molecule has 0 aromatic carbocycles. The van der Waals surface area contributed by atoms with Crippen molar-refractivity contribution in [1.29, 1.82) is 0 Å². The van der Waals surface area contributed by atoms with Gasteiger partial charge < -0.3 is 15.5 Å². The van der Waals surface area contributed by atoms with Crippen LogP contribution in [0.4, 0.5) is 5.82 Å². The molecule has 0 bridgehead atoms. The number of hydrogen-bond donors (Lipinski definition) is 2. The molecule has 0 aliphatic heterocycles. The Kier molecular flexibility index (Phi) is 4.48. The van der Waals surface area contributed by atoms with Gasteiger partial charge in [-0.3, -0.25) is 4.68 Å². The second-order valence-corrected chi connectivity index (χ2v) is 6.75. The first-order valence-corrected chi connectivity index (χ1v) is 8.96. The van der Waals surface area contributed by atoms with Gasteiger partial charge >= 0.3 is 0 Å². The van der Waals surface area contributed by atoms with E-state index in [9.17, 15) is 0 Å². The number of nitrogens with one attached hydrogen (secondary N) is 1. The highest BCUT2D eigenvalue weighted by Gasteiger charge is 2.16. The number of fused-ring (bicyclic) bond motifs is 1. The summed E-state index contributed by atoms with van der Waals surface area (Å²) in [5.41, 5.74) is 9.72. The highest BCUT2D eigenvalue weighted by Crippen LogP contribution is 2.29. The largest absolute Gasteiger partial charge is 0.468 e. The number of anilines is 1. The molecule has 8 nitrogen and oxygen atoms in total. The molecule has 0 saturated heterocycles. The summed E-state index contributed by atoms with van der Waals surface area (Å²) >= 11 is 3.55. The van der Waals surface area contributed by atoms with Gasteiger partial charge in [0.25, 0.3) is 0 Å². The third-order valence-electron chi connectivity index (χ3n) is 4.12. The summed E-state index contributed by atoms with van der Waals surface area (Å²) in [6.45, 7) is 1.42. The van der Waals surface area contributed by atoms with Crippen LogP contribution in [0.2, 0.25) is 0 Å². The van der Waals surface area contributed by atoms with E-state index < -0.39 is 0 Å². The third kappa shape index (κ3) is 3.11. The number of aromatic nitrogens is 5. The van der Waals surface area contributed by atoms with Gasteiger partial charge in [-0.05, 0) is 28.1 Å². The summed E-state index contributed by atoms with van der Waals surface area (Å²) in [5.74, 6) is 1.44. The maximum atomic E-state index is 6.25. The smallest absolute Gasteiger partial charge is 0.165 e. The molecular weight excluding hydrogens is 398 g/mol. The van der Waals surface area contributed by atoms with Gasteiger partial charge in [0.15, 0.2) is 5.65 Å². The average Bonchev–Trinajstić information content (AvgIpc) is 3.36. The van der Waals surface area contributed by atoms with E-state index in [0.29, 0.717) is 12.4 Å². The van der Waals surface area contributed by atoms with Crippen molar-refractivity contribution in [3.63, 3.8) is 0 Å². The Morgan fingerprint density at radius 2 is 2.19 bits per heavy atom. The molecule has 0 aliphatic rings. The number of rotatable bonds is 6. The van der Waals surface area contributed by atoms with E-state index in [0.717, 1.165) is 45.7 Å². The van der Waals surface area contributed by atoms with Crippen LogP contribution in [-0.2, 0) is 20.0 Å². The zero-order valence-corrected chi connectivity index (χ0v) is 15.8. The lowest BCUT2D eigenvalue weighted by Gasteiger charge is -2.09. The number of nitrogens with two attached hydrogens (primary N) is 1. The Hall–Kier alpha value is -2.65. The molecule has 26 heavy (non-hydrogen) atoms. The Morgan fingerprint density at radius 3 is 2.92 bits per heavy atom. The maximum absolute atomic E-state index is 6.25. The van der Waals surface area contributed by atoms with E-state index in [1.165, 1.54) is 0 Å². The van der Waals surface area contributed by atoms with E-state index in [2.05, 4.69) is 31.4 Å². The van der Waals surface area contributed by atoms with E-state index in [1.807, 2.05) is 25.4 Å². The molecule has 0 aliphatic carbocycles. The summed E-state index contributed by atoms with van der Waals surface area (Å²) < 4.78 is 9.48. The SMILES string of the molecule is Cn1cc(-c2cnn3c(N)c(Br)c(CCNCc4ccco4)nc23)cn1. The molecule has 0 radical (unpaired) electrons. The van der Waals surface area contributed by atoms with Gasteiger partial charge in [0, 0.05) is 37.3 Å². The second kappa shape index (κ2) is 6.93. The van der Waals surface area contributed by atoms with Crippen LogP contribution in [0.3, 0.4) is 0 Å². The monoisotopic (exact) mass is 415 g/mol. The van der Waals surface area contributed by atoms with Crippen LogP contribution >= 0.6 is 15.9 Å². The lowest BCUT2D eigenvalue weighted by atomic mass is 10.2. The molecule has 0 amide bonds. The molecule has 4 aromatic heterocycles. The molecule has 9 heteroatoms. The Labute approximate surface area is 158 Å². The van der Waals surface area contributed by atoms with Gasteiger partial charge in [0.1, 0.15) is 11.6 Å². The van der Waals surface area contributed by atoms with Crippen molar-refractivity contribution in [3.05, 3.63) is 52.9 Å². The fourth-order valence-corrected chi connectivity index (χ4v) is 3.26. The van der Waals surface area contributed by atoms with E-state index in [4.69, 9.17) is 15.1 Å². The fraction of sp³-hybridized carbons (Fsp3) is 0.235. The predicted molar refractivity (Wildman–Crippen MR) is 101 cm³/mol. The van der Waals surface area contributed by atoms with Crippen LogP contribution in [0.25, 0.3) is 16.8 Å². The molecule has 0 unspecified atom stereocenters. The molecular formula is C17H18BrN7O. The molecule has 134 valence electrons. The highest BCUT2D eigenvalue weighted by atomic mass is 79.9. The minimum Gasteiger partial charge on any atom is -0.468 e. The normalized spacial score (nSPS) is 11.5. The summed E-state index contributed by atoms with van der Waals surface area (Å²) in [7, 11) is 1.88. The minimum atomic E-state index is 0.533. The van der Waals surface area contributed by atoms with Gasteiger partial charge in [-0.1, -0.05) is 0 Å². The number of aryl methyl sites for hydroxylation is 1.